The van der Waals surface area contributed by atoms with Crippen LogP contribution in [0.15, 0.2) is 30.3 Å². The van der Waals surface area contributed by atoms with Gasteiger partial charge in [-0.25, -0.2) is 15.8 Å². The largest absolute Gasteiger partial charge is 0.497 e. The maximum atomic E-state index is 5.48. The highest BCUT2D eigenvalue weighted by Crippen LogP contribution is 2.39. The Bertz CT molecular complexity index is 593. The lowest BCUT2D eigenvalue weighted by molar-refractivity contribution is 0.414. The van der Waals surface area contributed by atoms with E-state index in [9.17, 15) is 0 Å². The van der Waals surface area contributed by atoms with Crippen LogP contribution in [0.1, 0.15) is 35.8 Å². The van der Waals surface area contributed by atoms with Crippen molar-refractivity contribution in [3.63, 3.8) is 0 Å². The maximum absolute atomic E-state index is 5.48. The number of nitrogens with zero attached hydrogens (tertiary/aromatic N) is 2. The van der Waals surface area contributed by atoms with Gasteiger partial charge in [-0.05, 0) is 30.5 Å². The first-order valence-electron chi connectivity index (χ1n) is 6.76. The van der Waals surface area contributed by atoms with E-state index in [-0.39, 0.29) is 0 Å². The maximum Gasteiger partial charge on any atom is 0.143 e. The van der Waals surface area contributed by atoms with Gasteiger partial charge in [-0.3, -0.25) is 0 Å². The molecule has 1 aliphatic rings. The van der Waals surface area contributed by atoms with E-state index in [0.717, 1.165) is 22.8 Å². The summed E-state index contributed by atoms with van der Waals surface area (Å²) in [5, 5.41) is 0. The highest BCUT2D eigenvalue weighted by Gasteiger charge is 2.26. The van der Waals surface area contributed by atoms with E-state index in [1.807, 2.05) is 30.3 Å². The van der Waals surface area contributed by atoms with Gasteiger partial charge in [-0.15, -0.1) is 0 Å². The van der Waals surface area contributed by atoms with Crippen LogP contribution in [0.3, 0.4) is 0 Å². The van der Waals surface area contributed by atoms with E-state index in [2.05, 4.69) is 15.4 Å². The first-order chi connectivity index (χ1) is 9.78. The quantitative estimate of drug-likeness (QED) is 0.644. The first kappa shape index (κ1) is 12.9. The molecule has 3 rings (SSSR count). The number of hydrogen-bond acceptors (Lipinski definition) is 5. The van der Waals surface area contributed by atoms with E-state index in [4.69, 9.17) is 10.6 Å². The van der Waals surface area contributed by atoms with E-state index in [1.54, 1.807) is 7.11 Å². The van der Waals surface area contributed by atoms with Crippen LogP contribution in [0.2, 0.25) is 0 Å². The minimum absolute atomic E-state index is 0.583. The van der Waals surface area contributed by atoms with Crippen LogP contribution in [0.25, 0.3) is 0 Å². The van der Waals surface area contributed by atoms with Crippen LogP contribution >= 0.6 is 0 Å². The van der Waals surface area contributed by atoms with Crippen molar-refractivity contribution in [3.05, 3.63) is 47.4 Å². The summed E-state index contributed by atoms with van der Waals surface area (Å²) >= 11 is 0. The topological polar surface area (TPSA) is 73.1 Å². The number of hydrogen-bond donors (Lipinski definition) is 2. The number of ether oxygens (including phenoxy) is 1. The monoisotopic (exact) mass is 270 g/mol. The molecule has 1 saturated carbocycles. The Kier molecular flexibility index (Phi) is 3.52. The normalized spacial score (nSPS) is 14.1. The molecule has 0 bridgehead atoms. The molecule has 0 amide bonds. The molecule has 0 radical (unpaired) electrons. The molecule has 104 valence electrons. The van der Waals surface area contributed by atoms with Gasteiger partial charge in [0.05, 0.1) is 7.11 Å². The van der Waals surface area contributed by atoms with Gasteiger partial charge in [0.15, 0.2) is 0 Å². The first-order valence-corrected chi connectivity index (χ1v) is 6.76. The molecule has 0 unspecified atom stereocenters. The summed E-state index contributed by atoms with van der Waals surface area (Å²) in [4.78, 5) is 9.06. The number of benzene rings is 1. The fourth-order valence-corrected chi connectivity index (χ4v) is 2.18. The van der Waals surface area contributed by atoms with Crippen molar-refractivity contribution in [1.82, 2.24) is 9.97 Å². The van der Waals surface area contributed by atoms with Gasteiger partial charge < -0.3 is 10.2 Å². The van der Waals surface area contributed by atoms with Crippen molar-refractivity contribution in [2.45, 2.75) is 25.2 Å². The predicted molar refractivity (Wildman–Crippen MR) is 77.6 cm³/mol. The number of rotatable bonds is 5. The van der Waals surface area contributed by atoms with Gasteiger partial charge in [0.25, 0.3) is 0 Å². The SMILES string of the molecule is COc1ccc(Cc2nc(NN)cc(C3CC3)n2)cc1. The molecular weight excluding hydrogens is 252 g/mol. The number of aromatic nitrogens is 2. The summed E-state index contributed by atoms with van der Waals surface area (Å²) in [6.45, 7) is 0. The van der Waals surface area contributed by atoms with Crippen molar-refractivity contribution >= 4 is 5.82 Å². The number of hydrazine groups is 1. The Morgan fingerprint density at radius 1 is 1.25 bits per heavy atom. The minimum Gasteiger partial charge on any atom is -0.497 e. The molecule has 20 heavy (non-hydrogen) atoms. The average Bonchev–Trinajstić information content (AvgIpc) is 3.32. The van der Waals surface area contributed by atoms with Gasteiger partial charge >= 0.3 is 0 Å². The molecule has 1 aromatic heterocycles. The van der Waals surface area contributed by atoms with Gasteiger partial charge in [-0.1, -0.05) is 12.1 Å². The summed E-state index contributed by atoms with van der Waals surface area (Å²) in [6.07, 6.45) is 3.12. The fourth-order valence-electron chi connectivity index (χ4n) is 2.18. The van der Waals surface area contributed by atoms with Crippen LogP contribution in [-0.4, -0.2) is 17.1 Å². The standard InChI is InChI=1S/C15H18N4O/c1-20-12-6-2-10(3-7-12)8-14-17-13(11-4-5-11)9-15(18-14)19-16/h2-3,6-7,9,11H,4-5,8,16H2,1H3,(H,17,18,19). The number of methoxy groups -OCH3 is 1. The van der Waals surface area contributed by atoms with Gasteiger partial charge in [0.2, 0.25) is 0 Å². The van der Waals surface area contributed by atoms with Crippen LogP contribution in [0.5, 0.6) is 5.75 Å². The lowest BCUT2D eigenvalue weighted by Gasteiger charge is -2.07. The zero-order valence-electron chi connectivity index (χ0n) is 11.5. The Labute approximate surface area is 118 Å². The third kappa shape index (κ3) is 2.88. The summed E-state index contributed by atoms with van der Waals surface area (Å²) in [6, 6.07) is 9.89. The smallest absolute Gasteiger partial charge is 0.143 e. The summed E-state index contributed by atoms with van der Waals surface area (Å²) < 4.78 is 5.16. The summed E-state index contributed by atoms with van der Waals surface area (Å²) in [7, 11) is 1.66. The molecule has 3 N–H and O–H groups in total. The predicted octanol–water partition coefficient (Wildman–Crippen LogP) is 2.24. The zero-order valence-corrected chi connectivity index (χ0v) is 11.5. The third-order valence-electron chi connectivity index (χ3n) is 3.46. The Morgan fingerprint density at radius 3 is 2.60 bits per heavy atom. The zero-order chi connectivity index (χ0) is 13.9. The molecule has 0 aliphatic heterocycles. The van der Waals surface area contributed by atoms with Crippen LogP contribution in [0, 0.1) is 0 Å². The Morgan fingerprint density at radius 2 is 2.00 bits per heavy atom. The second-order valence-corrected chi connectivity index (χ2v) is 5.04. The molecule has 1 fully saturated rings. The molecule has 5 nitrogen and oxygen atoms in total. The van der Waals surface area contributed by atoms with Crippen molar-refractivity contribution in [2.75, 3.05) is 12.5 Å². The fraction of sp³-hybridized carbons (Fsp3) is 0.333. The van der Waals surface area contributed by atoms with Crippen LogP contribution < -0.4 is 16.0 Å². The number of anilines is 1. The molecule has 1 heterocycles. The van der Waals surface area contributed by atoms with Crippen LogP contribution in [-0.2, 0) is 6.42 Å². The van der Waals surface area contributed by atoms with Crippen molar-refractivity contribution in [1.29, 1.82) is 0 Å². The van der Waals surface area contributed by atoms with Gasteiger partial charge in [-0.2, -0.15) is 0 Å². The highest BCUT2D eigenvalue weighted by molar-refractivity contribution is 5.38. The molecular formula is C15H18N4O. The molecule has 1 aromatic carbocycles. The number of nitrogen functional groups attached to an aromatic ring is 1. The van der Waals surface area contributed by atoms with E-state index >= 15 is 0 Å². The van der Waals surface area contributed by atoms with Crippen molar-refractivity contribution < 1.29 is 4.74 Å². The number of nitrogens with two attached hydrogens (primary N) is 1. The van der Waals surface area contributed by atoms with E-state index in [1.165, 1.54) is 12.8 Å². The molecule has 0 atom stereocenters. The second-order valence-electron chi connectivity index (χ2n) is 5.04. The van der Waals surface area contributed by atoms with E-state index < -0.39 is 0 Å². The van der Waals surface area contributed by atoms with Gasteiger partial charge in [0, 0.05) is 24.1 Å². The third-order valence-corrected chi connectivity index (χ3v) is 3.46. The Hall–Kier alpha value is -2.14. The molecule has 0 saturated heterocycles. The molecule has 1 aliphatic carbocycles. The Balaban J connectivity index is 1.83. The minimum atomic E-state index is 0.583. The van der Waals surface area contributed by atoms with Gasteiger partial charge in [0.1, 0.15) is 17.4 Å². The number of nitrogens with one attached hydrogen (secondary N) is 1. The average molecular weight is 270 g/mol. The lowest BCUT2D eigenvalue weighted by Crippen LogP contribution is -2.11. The van der Waals surface area contributed by atoms with Crippen LogP contribution in [0.4, 0.5) is 5.82 Å². The summed E-state index contributed by atoms with van der Waals surface area (Å²) in [5.41, 5.74) is 4.87. The lowest BCUT2D eigenvalue weighted by atomic mass is 10.1. The summed E-state index contributed by atoms with van der Waals surface area (Å²) in [5.74, 6) is 8.40. The van der Waals surface area contributed by atoms with Crippen molar-refractivity contribution in [3.8, 4) is 5.75 Å². The molecule has 2 aromatic rings. The highest BCUT2D eigenvalue weighted by atomic mass is 16.5. The molecule has 5 heteroatoms. The van der Waals surface area contributed by atoms with Crippen molar-refractivity contribution in [2.24, 2.45) is 5.84 Å². The second kappa shape index (κ2) is 5.46. The molecule has 0 spiro atoms. The van der Waals surface area contributed by atoms with E-state index in [0.29, 0.717) is 18.2 Å².